The minimum Gasteiger partial charge on any atom is -0.307 e. The summed E-state index contributed by atoms with van der Waals surface area (Å²) in [7, 11) is 2.20. The van der Waals surface area contributed by atoms with Crippen LogP contribution in [0, 0.1) is 13.8 Å². The highest BCUT2D eigenvalue weighted by Gasteiger charge is 2.26. The minimum atomic E-state index is 0.433. The number of fused-ring (bicyclic) bond motifs is 5. The van der Waals surface area contributed by atoms with Gasteiger partial charge in [-0.2, -0.15) is 0 Å². The molecule has 206 valence electrons. The predicted octanol–water partition coefficient (Wildman–Crippen LogP) is 10.5. The van der Waals surface area contributed by atoms with Gasteiger partial charge < -0.3 is 4.40 Å². The first-order valence-electron chi connectivity index (χ1n) is 15.3. The maximum Gasteiger partial charge on any atom is 0.224 e. The van der Waals surface area contributed by atoms with Crippen LogP contribution in [0.2, 0.25) is 0 Å². The molecule has 7 aromatic rings. The van der Waals surface area contributed by atoms with Gasteiger partial charge in [0.1, 0.15) is 7.05 Å². The van der Waals surface area contributed by atoms with Crippen molar-refractivity contribution in [1.82, 2.24) is 4.40 Å². The summed E-state index contributed by atoms with van der Waals surface area (Å²) < 4.78 is 4.92. The summed E-state index contributed by atoms with van der Waals surface area (Å²) in [4.78, 5) is 0. The number of aryl methyl sites for hydroxylation is 3. The van der Waals surface area contributed by atoms with Crippen molar-refractivity contribution in [3.63, 3.8) is 0 Å². The molecular weight excluding hydrogens is 496 g/mol. The molecule has 0 saturated carbocycles. The van der Waals surface area contributed by atoms with E-state index in [1.165, 1.54) is 87.9 Å². The van der Waals surface area contributed by atoms with E-state index in [9.17, 15) is 0 Å². The van der Waals surface area contributed by atoms with E-state index in [-0.39, 0.29) is 0 Å². The fourth-order valence-corrected chi connectivity index (χ4v) is 7.36. The van der Waals surface area contributed by atoms with Gasteiger partial charge in [0.2, 0.25) is 5.52 Å². The van der Waals surface area contributed by atoms with Gasteiger partial charge >= 0.3 is 0 Å². The lowest BCUT2D eigenvalue weighted by atomic mass is 9.81. The average molecular weight is 538 g/mol. The van der Waals surface area contributed by atoms with Crippen LogP contribution in [0.5, 0.6) is 0 Å². The zero-order valence-electron chi connectivity index (χ0n) is 26.0. The molecule has 0 aliphatic rings. The van der Waals surface area contributed by atoms with E-state index < -0.39 is 0 Å². The average Bonchev–Trinajstić information content (AvgIpc) is 3.28. The van der Waals surface area contributed by atoms with Gasteiger partial charge in [-0.25, -0.2) is 4.57 Å². The van der Waals surface area contributed by atoms with E-state index in [4.69, 9.17) is 0 Å². The lowest BCUT2D eigenvalue weighted by Crippen LogP contribution is -2.29. The quantitative estimate of drug-likeness (QED) is 0.120. The Kier molecular flexibility index (Phi) is 5.74. The van der Waals surface area contributed by atoms with Crippen molar-refractivity contribution in [2.75, 3.05) is 0 Å². The lowest BCUT2D eigenvalue weighted by Gasteiger charge is -2.24. The van der Waals surface area contributed by atoms with Crippen LogP contribution in [-0.4, -0.2) is 4.40 Å². The van der Waals surface area contributed by atoms with Gasteiger partial charge in [0, 0.05) is 16.8 Å². The van der Waals surface area contributed by atoms with Crippen molar-refractivity contribution in [1.29, 1.82) is 0 Å². The minimum absolute atomic E-state index is 0.433. The van der Waals surface area contributed by atoms with E-state index in [1.54, 1.807) is 0 Å². The molecule has 0 saturated heterocycles. The Morgan fingerprint density at radius 1 is 0.659 bits per heavy atom. The van der Waals surface area contributed by atoms with Crippen LogP contribution in [0.3, 0.4) is 0 Å². The normalized spacial score (nSPS) is 12.7. The van der Waals surface area contributed by atoms with E-state index in [0.717, 1.165) is 0 Å². The summed E-state index contributed by atoms with van der Waals surface area (Å²) >= 11 is 0. The van der Waals surface area contributed by atoms with Crippen LogP contribution in [0.25, 0.3) is 60.1 Å². The van der Waals surface area contributed by atoms with Gasteiger partial charge in [0.05, 0.1) is 27.3 Å². The molecule has 4 aromatic carbocycles. The molecule has 0 aliphatic heterocycles. The van der Waals surface area contributed by atoms with Crippen LogP contribution in [0.1, 0.15) is 87.1 Å². The monoisotopic (exact) mass is 537 g/mol. The molecule has 0 amide bonds. The van der Waals surface area contributed by atoms with Crippen molar-refractivity contribution >= 4 is 49.0 Å². The number of aromatic nitrogens is 2. The summed E-state index contributed by atoms with van der Waals surface area (Å²) in [6.07, 6.45) is 2.25. The molecule has 0 fully saturated rings. The lowest BCUT2D eigenvalue weighted by molar-refractivity contribution is -0.643. The second kappa shape index (κ2) is 9.05. The van der Waals surface area contributed by atoms with Crippen LogP contribution in [-0.2, 0) is 7.05 Å². The highest BCUT2D eigenvalue weighted by atomic mass is 15.0. The van der Waals surface area contributed by atoms with Gasteiger partial charge in [-0.3, -0.25) is 0 Å². The summed E-state index contributed by atoms with van der Waals surface area (Å²) in [5.41, 5.74) is 15.0. The zero-order valence-corrected chi connectivity index (χ0v) is 26.0. The van der Waals surface area contributed by atoms with Gasteiger partial charge in [-0.15, -0.1) is 0 Å². The van der Waals surface area contributed by atoms with Crippen LogP contribution < -0.4 is 4.57 Å². The molecule has 2 heteroatoms. The number of pyridine rings is 2. The maximum absolute atomic E-state index is 2.59. The Morgan fingerprint density at radius 2 is 1.34 bits per heavy atom. The molecular formula is C39H41N2+. The third-order valence-corrected chi connectivity index (χ3v) is 9.48. The summed E-state index contributed by atoms with van der Waals surface area (Å²) in [5, 5.41) is 6.68. The molecule has 0 atom stereocenters. The smallest absolute Gasteiger partial charge is 0.224 e. The van der Waals surface area contributed by atoms with Crippen molar-refractivity contribution in [3.8, 4) is 11.1 Å². The van der Waals surface area contributed by atoms with Crippen molar-refractivity contribution in [2.24, 2.45) is 7.05 Å². The summed E-state index contributed by atoms with van der Waals surface area (Å²) in [5.74, 6) is 1.37. The number of rotatable bonds is 4. The zero-order chi connectivity index (χ0) is 28.9. The van der Waals surface area contributed by atoms with Crippen LogP contribution in [0.4, 0.5) is 0 Å². The highest BCUT2D eigenvalue weighted by molar-refractivity contribution is 6.26. The first-order valence-corrected chi connectivity index (χ1v) is 15.3. The number of hydrogen-bond donors (Lipinski definition) is 0. The number of nitrogens with zero attached hydrogens (tertiary/aromatic N) is 2. The highest BCUT2D eigenvalue weighted by Crippen LogP contribution is 2.45. The molecule has 3 heterocycles. The molecule has 3 aromatic heterocycles. The van der Waals surface area contributed by atoms with E-state index in [1.807, 2.05) is 0 Å². The van der Waals surface area contributed by atoms with Crippen molar-refractivity contribution in [3.05, 3.63) is 94.7 Å². The molecule has 0 N–H and O–H groups in total. The molecule has 0 bridgehead atoms. The predicted molar refractivity (Wildman–Crippen MR) is 177 cm³/mol. The van der Waals surface area contributed by atoms with Crippen molar-refractivity contribution in [2.45, 2.75) is 73.1 Å². The number of para-hydroxylation sites is 1. The second-order valence-corrected chi connectivity index (χ2v) is 13.2. The fraction of sp³-hybridized carbons (Fsp3) is 0.308. The van der Waals surface area contributed by atoms with Crippen molar-refractivity contribution < 1.29 is 4.57 Å². The topological polar surface area (TPSA) is 8.29 Å². The number of benzene rings is 4. The van der Waals surface area contributed by atoms with Gasteiger partial charge in [-0.1, -0.05) is 84.0 Å². The van der Waals surface area contributed by atoms with Crippen LogP contribution >= 0.6 is 0 Å². The first kappa shape index (κ1) is 26.0. The molecule has 0 spiro atoms. The van der Waals surface area contributed by atoms with E-state index >= 15 is 0 Å². The third kappa shape index (κ3) is 3.59. The van der Waals surface area contributed by atoms with Gasteiger partial charge in [0.25, 0.3) is 0 Å². The molecule has 2 nitrogen and oxygen atoms in total. The Labute approximate surface area is 243 Å². The molecule has 0 unspecified atom stereocenters. The van der Waals surface area contributed by atoms with E-state index in [2.05, 4.69) is 138 Å². The Bertz CT molecular complexity index is 2120. The summed E-state index contributed by atoms with van der Waals surface area (Å²) in [6.45, 7) is 18.6. The third-order valence-electron chi connectivity index (χ3n) is 9.48. The molecule has 7 rings (SSSR count). The molecule has 0 aliphatic carbocycles. The first-order chi connectivity index (χ1) is 19.6. The SMILES string of the molecule is Cc1ccc2c3cccc(C)c3n3c4cc(-c5c(C(C)C)cc(C(C)C)cc5C(C)C)cc5cc[n+](C)c(c1c23)c54. The van der Waals surface area contributed by atoms with E-state index in [0.29, 0.717) is 17.8 Å². The second-order valence-electron chi connectivity index (χ2n) is 13.2. The molecule has 41 heavy (non-hydrogen) atoms. The Balaban J connectivity index is 1.76. The fourth-order valence-electron chi connectivity index (χ4n) is 7.36. The maximum atomic E-state index is 2.59. The van der Waals surface area contributed by atoms with Crippen LogP contribution in [0.15, 0.2) is 66.9 Å². The standard InChI is InChI=1S/C39H41N2/c1-21(2)27-18-31(22(3)4)35(32(19-27)23(5)6)28-17-26-15-16-40(9)39-34-24(7)13-14-30-29-12-10-11-25(8)37(29)41(38(30)34)33(20-28)36(26)39/h10-23H,1-9H3/q+1. The van der Waals surface area contributed by atoms with Gasteiger partial charge in [0.15, 0.2) is 6.20 Å². The number of hydrogen-bond acceptors (Lipinski definition) is 0. The van der Waals surface area contributed by atoms with Gasteiger partial charge in [-0.05, 0) is 88.1 Å². The Morgan fingerprint density at radius 3 is 2.00 bits per heavy atom. The largest absolute Gasteiger partial charge is 0.307 e. The summed E-state index contributed by atoms with van der Waals surface area (Å²) in [6, 6.07) is 23.7. The Hall–Kier alpha value is -3.91. The molecule has 0 radical (unpaired) electrons.